The van der Waals surface area contributed by atoms with Crippen LogP contribution in [0.2, 0.25) is 0 Å². The van der Waals surface area contributed by atoms with Crippen molar-refractivity contribution in [2.45, 2.75) is 19.0 Å². The number of aromatic nitrogens is 8. The normalized spacial score (nSPS) is 15.9. The highest BCUT2D eigenvalue weighted by Crippen LogP contribution is 2.34. The van der Waals surface area contributed by atoms with Gasteiger partial charge in [0, 0.05) is 24.9 Å². The first-order chi connectivity index (χ1) is 16.5. The zero-order valence-electron chi connectivity index (χ0n) is 17.1. The van der Waals surface area contributed by atoms with Crippen molar-refractivity contribution < 1.29 is 22.4 Å². The molecule has 5 aromatic rings. The number of aromatic amines is 1. The minimum atomic E-state index is -2.83. The van der Waals surface area contributed by atoms with Crippen LogP contribution in [0.3, 0.4) is 0 Å². The summed E-state index contributed by atoms with van der Waals surface area (Å²) >= 11 is 0. The van der Waals surface area contributed by atoms with Gasteiger partial charge in [0.1, 0.15) is 11.7 Å². The zero-order valence-corrected chi connectivity index (χ0v) is 17.1. The average molecular weight is 469 g/mol. The Morgan fingerprint density at radius 3 is 2.88 bits per heavy atom. The number of nitrogens with zero attached hydrogens (tertiary/aromatic N) is 8. The number of alkyl halides is 2. The highest BCUT2D eigenvalue weighted by molar-refractivity contribution is 5.90. The number of pyridine rings is 1. The van der Waals surface area contributed by atoms with Gasteiger partial charge in [0.15, 0.2) is 0 Å². The smallest absolute Gasteiger partial charge is 0.333 e. The van der Waals surface area contributed by atoms with E-state index in [4.69, 9.17) is 4.42 Å². The van der Waals surface area contributed by atoms with E-state index in [2.05, 4.69) is 30.4 Å². The second-order valence-electron chi connectivity index (χ2n) is 7.54. The molecule has 0 aromatic carbocycles. The lowest BCUT2D eigenvalue weighted by Crippen LogP contribution is -2.41. The Bertz CT molecular complexity index is 1520. The molecule has 1 atom stereocenters. The largest absolute Gasteiger partial charge is 0.411 e. The van der Waals surface area contributed by atoms with Gasteiger partial charge in [-0.15, -0.1) is 10.2 Å². The quantitative estimate of drug-likeness (QED) is 0.402. The molecular formula is C20H14F3N9O2. The Hall–Kier alpha value is -4.49. The van der Waals surface area contributed by atoms with Crippen LogP contribution in [0.1, 0.15) is 40.4 Å². The number of carbonyl (C=O) groups excluding carboxylic acids is 1. The molecule has 6 heterocycles. The summed E-state index contributed by atoms with van der Waals surface area (Å²) in [5.74, 6) is -1.68. The molecule has 0 spiro atoms. The maximum absolute atomic E-state index is 14.2. The van der Waals surface area contributed by atoms with Crippen molar-refractivity contribution in [1.82, 2.24) is 44.5 Å². The van der Waals surface area contributed by atoms with Gasteiger partial charge in [-0.3, -0.25) is 4.79 Å². The number of fused-ring (bicyclic) bond motifs is 2. The van der Waals surface area contributed by atoms with Gasteiger partial charge in [-0.1, -0.05) is 6.07 Å². The summed E-state index contributed by atoms with van der Waals surface area (Å²) < 4.78 is 46.9. The lowest BCUT2D eigenvalue weighted by atomic mass is 9.99. The van der Waals surface area contributed by atoms with Gasteiger partial charge in [0.2, 0.25) is 5.95 Å². The van der Waals surface area contributed by atoms with Crippen LogP contribution in [-0.4, -0.2) is 56.9 Å². The summed E-state index contributed by atoms with van der Waals surface area (Å²) in [5.41, 5.74) is 2.32. The first kappa shape index (κ1) is 20.1. The number of nitrogens with one attached hydrogen (secondary N) is 1. The fraction of sp³-hybridized carbons (Fsp3) is 0.200. The molecule has 172 valence electrons. The van der Waals surface area contributed by atoms with Gasteiger partial charge in [-0.25, -0.2) is 14.2 Å². The predicted molar refractivity (Wildman–Crippen MR) is 107 cm³/mol. The van der Waals surface area contributed by atoms with Crippen LogP contribution in [0.5, 0.6) is 0 Å². The Morgan fingerprint density at radius 2 is 2.09 bits per heavy atom. The molecular weight excluding hydrogens is 455 g/mol. The van der Waals surface area contributed by atoms with Crippen LogP contribution in [0, 0.1) is 5.95 Å². The number of halogens is 3. The minimum Gasteiger partial charge on any atom is -0.411 e. The fourth-order valence-electron chi connectivity index (χ4n) is 4.03. The molecule has 0 radical (unpaired) electrons. The van der Waals surface area contributed by atoms with E-state index in [0.29, 0.717) is 28.0 Å². The molecule has 5 aromatic heterocycles. The van der Waals surface area contributed by atoms with E-state index < -0.39 is 24.4 Å². The molecule has 1 N–H and O–H groups in total. The van der Waals surface area contributed by atoms with Crippen LogP contribution in [0.15, 0.2) is 47.3 Å². The number of rotatable bonds is 4. The molecule has 0 unspecified atom stereocenters. The SMILES string of the molecule is O=C(c1nnc(-c2ccn(C(F)F)n2)o1)N1CCc2[nH]cnc2[C@H]1c1cc2cccc(F)n2n1. The third-order valence-corrected chi connectivity index (χ3v) is 5.56. The third kappa shape index (κ3) is 3.14. The summed E-state index contributed by atoms with van der Waals surface area (Å²) in [6.45, 7) is -2.56. The van der Waals surface area contributed by atoms with Gasteiger partial charge in [0.05, 0.1) is 23.2 Å². The highest BCUT2D eigenvalue weighted by atomic mass is 19.3. The maximum atomic E-state index is 14.2. The molecule has 0 fully saturated rings. The van der Waals surface area contributed by atoms with Crippen molar-refractivity contribution >= 4 is 11.4 Å². The first-order valence-electron chi connectivity index (χ1n) is 10.1. The van der Waals surface area contributed by atoms with Crippen LogP contribution in [-0.2, 0) is 6.42 Å². The average Bonchev–Trinajstić information content (AvgIpc) is 3.62. The minimum absolute atomic E-state index is 0.00691. The summed E-state index contributed by atoms with van der Waals surface area (Å²) in [6.07, 6.45) is 3.07. The van der Waals surface area contributed by atoms with E-state index in [-0.39, 0.29) is 24.0 Å². The second-order valence-corrected chi connectivity index (χ2v) is 7.54. The molecule has 0 bridgehead atoms. The lowest BCUT2D eigenvalue weighted by Gasteiger charge is -2.32. The van der Waals surface area contributed by atoms with Gasteiger partial charge >= 0.3 is 18.3 Å². The molecule has 0 aliphatic carbocycles. The van der Waals surface area contributed by atoms with Crippen molar-refractivity contribution in [1.29, 1.82) is 0 Å². The third-order valence-electron chi connectivity index (χ3n) is 5.56. The van der Waals surface area contributed by atoms with Gasteiger partial charge in [-0.05, 0) is 24.3 Å². The summed E-state index contributed by atoms with van der Waals surface area (Å²) in [5, 5.41) is 15.6. The molecule has 0 saturated heterocycles. The van der Waals surface area contributed by atoms with Crippen LogP contribution in [0.25, 0.3) is 17.1 Å². The summed E-state index contributed by atoms with van der Waals surface area (Å²) in [7, 11) is 0. The van der Waals surface area contributed by atoms with Crippen molar-refractivity contribution in [3.05, 3.63) is 71.8 Å². The topological polar surface area (TPSA) is 123 Å². The van der Waals surface area contributed by atoms with E-state index in [1.54, 1.807) is 18.2 Å². The first-order valence-corrected chi connectivity index (χ1v) is 10.1. The highest BCUT2D eigenvalue weighted by Gasteiger charge is 2.38. The van der Waals surface area contributed by atoms with E-state index >= 15 is 0 Å². The zero-order chi connectivity index (χ0) is 23.4. The molecule has 1 amide bonds. The maximum Gasteiger partial charge on any atom is 0.333 e. The van der Waals surface area contributed by atoms with Crippen molar-refractivity contribution in [2.24, 2.45) is 0 Å². The Balaban J connectivity index is 1.37. The summed E-state index contributed by atoms with van der Waals surface area (Å²) in [6, 6.07) is 6.75. The van der Waals surface area contributed by atoms with E-state index in [9.17, 15) is 18.0 Å². The van der Waals surface area contributed by atoms with Gasteiger partial charge in [0.25, 0.3) is 5.89 Å². The number of amides is 1. The number of hydrogen-bond donors (Lipinski definition) is 1. The Morgan fingerprint density at radius 1 is 1.21 bits per heavy atom. The number of carbonyl (C=O) groups is 1. The molecule has 1 aliphatic heterocycles. The predicted octanol–water partition coefficient (Wildman–Crippen LogP) is 2.63. The van der Waals surface area contributed by atoms with Crippen molar-refractivity contribution in [3.63, 3.8) is 0 Å². The van der Waals surface area contributed by atoms with E-state index in [1.165, 1.54) is 23.4 Å². The Labute approximate surface area is 187 Å². The van der Waals surface area contributed by atoms with Crippen LogP contribution < -0.4 is 0 Å². The van der Waals surface area contributed by atoms with Crippen molar-refractivity contribution in [2.75, 3.05) is 6.54 Å². The molecule has 11 nitrogen and oxygen atoms in total. The number of H-pyrrole nitrogens is 1. The molecule has 1 aliphatic rings. The Kier molecular flexibility index (Phi) is 4.46. The second kappa shape index (κ2) is 7.54. The molecule has 6 rings (SSSR count). The fourth-order valence-corrected chi connectivity index (χ4v) is 4.03. The summed E-state index contributed by atoms with van der Waals surface area (Å²) in [4.78, 5) is 22.3. The van der Waals surface area contributed by atoms with Crippen LogP contribution in [0.4, 0.5) is 13.2 Å². The number of imidazole rings is 1. The standard InChI is InChI=1S/C20H14F3N9O2/c21-14-3-1-2-10-8-13(29-32(10)14)16-15-11(24-9-25-15)4-6-30(16)19(33)18-27-26-17(34-18)12-5-7-31(28-12)20(22)23/h1-3,5,7-9,16,20H,4,6H2,(H,24,25)/t16-/m1/s1. The van der Waals surface area contributed by atoms with Crippen molar-refractivity contribution in [3.8, 4) is 11.6 Å². The lowest BCUT2D eigenvalue weighted by molar-refractivity contribution is 0.0566. The van der Waals surface area contributed by atoms with Crippen LogP contribution >= 0.6 is 0 Å². The van der Waals surface area contributed by atoms with E-state index in [0.717, 1.165) is 16.4 Å². The van der Waals surface area contributed by atoms with Gasteiger partial charge < -0.3 is 14.3 Å². The molecule has 14 heteroatoms. The van der Waals surface area contributed by atoms with E-state index in [1.807, 2.05) is 0 Å². The molecule has 34 heavy (non-hydrogen) atoms. The van der Waals surface area contributed by atoms with Gasteiger partial charge in [-0.2, -0.15) is 23.4 Å². The monoisotopic (exact) mass is 469 g/mol. The number of hydrogen-bond acceptors (Lipinski definition) is 7. The molecule has 0 saturated carbocycles.